The van der Waals surface area contributed by atoms with Gasteiger partial charge >= 0.3 is 0 Å². The van der Waals surface area contributed by atoms with Crippen LogP contribution in [0.15, 0.2) is 47.2 Å². The zero-order chi connectivity index (χ0) is 15.4. The first kappa shape index (κ1) is 14.3. The van der Waals surface area contributed by atoms with Crippen LogP contribution in [0.4, 0.5) is 21.8 Å². The molecule has 0 aliphatic rings. The van der Waals surface area contributed by atoms with Crippen molar-refractivity contribution in [2.24, 2.45) is 0 Å². The lowest BCUT2D eigenvalue weighted by molar-refractivity contribution is 0.517. The van der Waals surface area contributed by atoms with E-state index in [1.165, 1.54) is 18.3 Å². The van der Waals surface area contributed by atoms with Gasteiger partial charge in [-0.15, -0.1) is 5.10 Å². The van der Waals surface area contributed by atoms with Gasteiger partial charge in [-0.2, -0.15) is 10.1 Å². The Bertz CT molecular complexity index is 766. The van der Waals surface area contributed by atoms with Crippen LogP contribution in [0, 0.1) is 5.82 Å². The maximum atomic E-state index is 13.1. The summed E-state index contributed by atoms with van der Waals surface area (Å²) in [5, 5.41) is 13.7. The summed E-state index contributed by atoms with van der Waals surface area (Å²) >= 11 is 5.73. The van der Waals surface area contributed by atoms with Crippen molar-refractivity contribution in [3.05, 3.63) is 59.4 Å². The second-order valence-electron chi connectivity index (χ2n) is 4.35. The predicted molar refractivity (Wildman–Crippen MR) is 80.6 cm³/mol. The highest BCUT2D eigenvalue weighted by atomic mass is 35.5. The third-order valence-corrected chi connectivity index (χ3v) is 3.04. The summed E-state index contributed by atoms with van der Waals surface area (Å²) in [5.74, 6) is 1.08. The molecule has 2 N–H and O–H groups in total. The summed E-state index contributed by atoms with van der Waals surface area (Å²) in [5.41, 5.74) is 0.601. The molecule has 112 valence electrons. The Morgan fingerprint density at radius 3 is 2.95 bits per heavy atom. The molecule has 22 heavy (non-hydrogen) atoms. The number of hydrogen-bond acceptors (Lipinski definition) is 6. The molecule has 3 aromatic rings. The van der Waals surface area contributed by atoms with E-state index in [0.717, 1.165) is 5.76 Å². The van der Waals surface area contributed by atoms with Crippen LogP contribution in [0.2, 0.25) is 5.02 Å². The highest BCUT2D eigenvalue weighted by Gasteiger charge is 2.04. The number of benzene rings is 1. The van der Waals surface area contributed by atoms with Crippen LogP contribution >= 0.6 is 11.6 Å². The van der Waals surface area contributed by atoms with Crippen LogP contribution in [-0.2, 0) is 6.54 Å². The number of aromatic nitrogens is 3. The van der Waals surface area contributed by atoms with Crippen LogP contribution < -0.4 is 10.6 Å². The SMILES string of the molecule is Fc1ccc(Nc2cnnc(NCc3ccco3)n2)cc1Cl. The Morgan fingerprint density at radius 2 is 2.18 bits per heavy atom. The molecular weight excluding hydrogens is 309 g/mol. The standard InChI is InChI=1S/C14H11ClFN5O/c15-11-6-9(3-4-12(11)16)19-13-8-18-21-14(20-13)17-7-10-2-1-5-22-10/h1-6,8H,7H2,(H2,17,19,20,21). The molecule has 0 radical (unpaired) electrons. The van der Waals surface area contributed by atoms with E-state index in [2.05, 4.69) is 25.8 Å². The molecule has 0 aliphatic heterocycles. The minimum Gasteiger partial charge on any atom is -0.467 e. The fourth-order valence-electron chi connectivity index (χ4n) is 1.74. The minimum absolute atomic E-state index is 0.0307. The normalized spacial score (nSPS) is 10.5. The van der Waals surface area contributed by atoms with Crippen molar-refractivity contribution in [1.29, 1.82) is 0 Å². The topological polar surface area (TPSA) is 75.9 Å². The molecule has 1 aromatic carbocycles. The van der Waals surface area contributed by atoms with Crippen molar-refractivity contribution < 1.29 is 8.81 Å². The lowest BCUT2D eigenvalue weighted by Gasteiger charge is -2.07. The Morgan fingerprint density at radius 1 is 1.27 bits per heavy atom. The van der Waals surface area contributed by atoms with Crippen LogP contribution in [0.3, 0.4) is 0 Å². The fourth-order valence-corrected chi connectivity index (χ4v) is 1.92. The van der Waals surface area contributed by atoms with Gasteiger partial charge in [0.25, 0.3) is 0 Å². The highest BCUT2D eigenvalue weighted by molar-refractivity contribution is 6.31. The van der Waals surface area contributed by atoms with E-state index in [-0.39, 0.29) is 5.02 Å². The number of anilines is 3. The Labute approximate surface area is 130 Å². The summed E-state index contributed by atoms with van der Waals surface area (Å²) in [7, 11) is 0. The van der Waals surface area contributed by atoms with Crippen molar-refractivity contribution in [2.75, 3.05) is 10.6 Å². The van der Waals surface area contributed by atoms with Gasteiger partial charge in [-0.25, -0.2) is 4.39 Å². The van der Waals surface area contributed by atoms with Gasteiger partial charge in [0.15, 0.2) is 5.82 Å². The summed E-state index contributed by atoms with van der Waals surface area (Å²) < 4.78 is 18.3. The molecule has 2 aromatic heterocycles. The number of rotatable bonds is 5. The Kier molecular flexibility index (Phi) is 4.15. The Hall–Kier alpha value is -2.67. The average molecular weight is 320 g/mol. The largest absolute Gasteiger partial charge is 0.467 e. The molecule has 0 amide bonds. The summed E-state index contributed by atoms with van der Waals surface area (Å²) in [6, 6.07) is 7.93. The number of halogens is 2. The zero-order valence-corrected chi connectivity index (χ0v) is 12.0. The van der Waals surface area contributed by atoms with Gasteiger partial charge in [0.2, 0.25) is 5.95 Å². The van der Waals surface area contributed by atoms with E-state index >= 15 is 0 Å². The molecule has 0 fully saturated rings. The van der Waals surface area contributed by atoms with Crippen LogP contribution in [0.1, 0.15) is 5.76 Å². The number of hydrogen-bond donors (Lipinski definition) is 2. The third-order valence-electron chi connectivity index (χ3n) is 2.75. The lowest BCUT2D eigenvalue weighted by Crippen LogP contribution is -2.05. The van der Waals surface area contributed by atoms with Gasteiger partial charge in [-0.05, 0) is 30.3 Å². The van der Waals surface area contributed by atoms with Gasteiger partial charge in [-0.3, -0.25) is 0 Å². The van der Waals surface area contributed by atoms with Gasteiger partial charge < -0.3 is 15.1 Å². The molecule has 0 aliphatic carbocycles. The molecule has 6 nitrogen and oxygen atoms in total. The molecular formula is C14H11ClFN5O. The molecule has 0 atom stereocenters. The number of nitrogens with one attached hydrogen (secondary N) is 2. The van der Waals surface area contributed by atoms with Crippen molar-refractivity contribution in [3.8, 4) is 0 Å². The molecule has 0 saturated heterocycles. The average Bonchev–Trinajstić information content (AvgIpc) is 3.03. The van der Waals surface area contributed by atoms with Gasteiger partial charge in [-0.1, -0.05) is 11.6 Å². The van der Waals surface area contributed by atoms with E-state index in [1.54, 1.807) is 18.4 Å². The van der Waals surface area contributed by atoms with Crippen LogP contribution in [-0.4, -0.2) is 15.2 Å². The molecule has 0 saturated carbocycles. The maximum Gasteiger partial charge on any atom is 0.245 e. The van der Waals surface area contributed by atoms with Crippen molar-refractivity contribution in [1.82, 2.24) is 15.2 Å². The van der Waals surface area contributed by atoms with Crippen molar-refractivity contribution in [3.63, 3.8) is 0 Å². The minimum atomic E-state index is -0.478. The molecule has 0 bridgehead atoms. The van der Waals surface area contributed by atoms with Crippen LogP contribution in [0.25, 0.3) is 0 Å². The van der Waals surface area contributed by atoms with E-state index < -0.39 is 5.82 Å². The van der Waals surface area contributed by atoms with E-state index in [0.29, 0.717) is 24.0 Å². The molecule has 0 spiro atoms. The monoisotopic (exact) mass is 319 g/mol. The summed E-state index contributed by atoms with van der Waals surface area (Å²) in [4.78, 5) is 4.25. The lowest BCUT2D eigenvalue weighted by atomic mass is 10.3. The van der Waals surface area contributed by atoms with Gasteiger partial charge in [0.1, 0.15) is 11.6 Å². The highest BCUT2D eigenvalue weighted by Crippen LogP contribution is 2.21. The third kappa shape index (κ3) is 3.50. The van der Waals surface area contributed by atoms with Gasteiger partial charge in [0, 0.05) is 5.69 Å². The van der Waals surface area contributed by atoms with E-state index in [4.69, 9.17) is 16.0 Å². The first-order valence-corrected chi connectivity index (χ1v) is 6.76. The second kappa shape index (κ2) is 6.40. The first-order valence-electron chi connectivity index (χ1n) is 6.39. The smallest absolute Gasteiger partial charge is 0.245 e. The van der Waals surface area contributed by atoms with E-state index in [9.17, 15) is 4.39 Å². The zero-order valence-electron chi connectivity index (χ0n) is 11.3. The fraction of sp³-hybridized carbons (Fsp3) is 0.0714. The van der Waals surface area contributed by atoms with E-state index in [1.807, 2.05) is 6.07 Å². The van der Waals surface area contributed by atoms with Crippen molar-refractivity contribution >= 4 is 29.1 Å². The molecule has 0 unspecified atom stereocenters. The predicted octanol–water partition coefficient (Wildman–Crippen LogP) is 3.61. The summed E-state index contributed by atoms with van der Waals surface area (Å²) in [6.07, 6.45) is 3.04. The molecule has 8 heteroatoms. The summed E-state index contributed by atoms with van der Waals surface area (Å²) in [6.45, 7) is 0.445. The van der Waals surface area contributed by atoms with Crippen molar-refractivity contribution in [2.45, 2.75) is 6.54 Å². The number of furan rings is 1. The Balaban J connectivity index is 1.69. The van der Waals surface area contributed by atoms with Gasteiger partial charge in [0.05, 0.1) is 24.0 Å². The quantitative estimate of drug-likeness (QED) is 0.748. The molecule has 2 heterocycles. The number of nitrogens with zero attached hydrogens (tertiary/aromatic N) is 3. The molecule has 3 rings (SSSR count). The first-order chi connectivity index (χ1) is 10.7. The van der Waals surface area contributed by atoms with Crippen LogP contribution in [0.5, 0.6) is 0 Å². The second-order valence-corrected chi connectivity index (χ2v) is 4.76. The maximum absolute atomic E-state index is 13.1.